The zero-order valence-electron chi connectivity index (χ0n) is 8.87. The summed E-state index contributed by atoms with van der Waals surface area (Å²) in [6.45, 7) is 2.18. The van der Waals surface area contributed by atoms with Crippen molar-refractivity contribution >= 4 is 22.9 Å². The quantitative estimate of drug-likeness (QED) is 0.547. The summed E-state index contributed by atoms with van der Waals surface area (Å²) in [5.74, 6) is 0. The van der Waals surface area contributed by atoms with Crippen molar-refractivity contribution in [2.45, 2.75) is 26.2 Å². The number of carbonyl (C=O) groups is 1. The van der Waals surface area contributed by atoms with E-state index >= 15 is 0 Å². The molecule has 0 aliphatic heterocycles. The summed E-state index contributed by atoms with van der Waals surface area (Å²) < 4.78 is 0. The molecule has 0 N–H and O–H groups in total. The van der Waals surface area contributed by atoms with Crippen LogP contribution in [0.15, 0.2) is 30.3 Å². The van der Waals surface area contributed by atoms with E-state index in [4.69, 9.17) is 11.6 Å². The number of halogens is 1. The van der Waals surface area contributed by atoms with Gasteiger partial charge in [-0.05, 0) is 41.6 Å². The van der Waals surface area contributed by atoms with E-state index in [-0.39, 0.29) is 0 Å². The van der Waals surface area contributed by atoms with Crippen molar-refractivity contribution in [2.75, 3.05) is 0 Å². The van der Waals surface area contributed by atoms with Crippen molar-refractivity contribution in [1.29, 1.82) is 0 Å². The third-order valence-corrected chi connectivity index (χ3v) is 2.33. The molecule has 2 heteroatoms. The minimum absolute atomic E-state index is 0.440. The van der Waals surface area contributed by atoms with Crippen LogP contribution in [-0.2, 0) is 11.2 Å². The Balaban J connectivity index is 2.60. The molecule has 1 aromatic carbocycles. The molecule has 0 radical (unpaired) electrons. The predicted molar refractivity (Wildman–Crippen MR) is 64.9 cm³/mol. The smallest absolute Gasteiger partial charge is 0.245 e. The standard InChI is InChI=1S/C13H15ClO/c1-2-3-4-11-5-7-12(8-6-11)9-10-13(14)15/h5-10H,2-4H2,1H3. The van der Waals surface area contributed by atoms with Gasteiger partial charge >= 0.3 is 0 Å². The van der Waals surface area contributed by atoms with Gasteiger partial charge in [-0.25, -0.2) is 0 Å². The van der Waals surface area contributed by atoms with Gasteiger partial charge in [0.15, 0.2) is 0 Å². The largest absolute Gasteiger partial charge is 0.276 e. The molecule has 0 saturated heterocycles. The Morgan fingerprint density at radius 3 is 2.53 bits per heavy atom. The topological polar surface area (TPSA) is 17.1 Å². The molecular weight excluding hydrogens is 208 g/mol. The monoisotopic (exact) mass is 222 g/mol. The third-order valence-electron chi connectivity index (χ3n) is 2.21. The second-order valence-corrected chi connectivity index (χ2v) is 3.86. The molecule has 0 heterocycles. The molecule has 0 atom stereocenters. The SMILES string of the molecule is CCCCc1ccc(C=CC(=O)Cl)cc1. The van der Waals surface area contributed by atoms with E-state index in [2.05, 4.69) is 19.1 Å². The Bertz CT molecular complexity index is 338. The van der Waals surface area contributed by atoms with Gasteiger partial charge in [0.05, 0.1) is 0 Å². The summed E-state index contributed by atoms with van der Waals surface area (Å²) >= 11 is 5.20. The van der Waals surface area contributed by atoms with Crippen molar-refractivity contribution in [2.24, 2.45) is 0 Å². The molecule has 0 aromatic heterocycles. The van der Waals surface area contributed by atoms with Gasteiger partial charge in [0.1, 0.15) is 0 Å². The van der Waals surface area contributed by atoms with Crippen molar-refractivity contribution in [3.63, 3.8) is 0 Å². The van der Waals surface area contributed by atoms with E-state index in [0.29, 0.717) is 0 Å². The van der Waals surface area contributed by atoms with Crippen molar-refractivity contribution in [3.8, 4) is 0 Å². The summed E-state index contributed by atoms with van der Waals surface area (Å²) in [5, 5.41) is -0.440. The summed E-state index contributed by atoms with van der Waals surface area (Å²) in [7, 11) is 0. The molecule has 15 heavy (non-hydrogen) atoms. The first kappa shape index (κ1) is 12.0. The number of unbranched alkanes of at least 4 members (excludes halogenated alkanes) is 1. The normalized spacial score (nSPS) is 10.8. The van der Waals surface area contributed by atoms with E-state index in [1.54, 1.807) is 6.08 Å². The highest BCUT2D eigenvalue weighted by atomic mass is 35.5. The van der Waals surface area contributed by atoms with Crippen molar-refractivity contribution < 1.29 is 4.79 Å². The number of carbonyl (C=O) groups excluding carboxylic acids is 1. The van der Waals surface area contributed by atoms with Crippen LogP contribution in [0.3, 0.4) is 0 Å². The Labute approximate surface area is 95.8 Å². The average molecular weight is 223 g/mol. The minimum atomic E-state index is -0.440. The van der Waals surface area contributed by atoms with Crippen LogP contribution in [0.2, 0.25) is 0 Å². The molecule has 0 saturated carbocycles. The first-order valence-electron chi connectivity index (χ1n) is 5.19. The molecule has 1 rings (SSSR count). The molecule has 0 fully saturated rings. The van der Waals surface area contributed by atoms with Gasteiger partial charge in [0, 0.05) is 0 Å². The maximum atomic E-state index is 10.5. The number of hydrogen-bond acceptors (Lipinski definition) is 1. The summed E-state index contributed by atoms with van der Waals surface area (Å²) in [5.41, 5.74) is 2.34. The Hall–Kier alpha value is -1.08. The molecule has 1 nitrogen and oxygen atoms in total. The van der Waals surface area contributed by atoms with Crippen LogP contribution >= 0.6 is 11.6 Å². The third kappa shape index (κ3) is 4.80. The van der Waals surface area contributed by atoms with E-state index in [1.807, 2.05) is 12.1 Å². The van der Waals surface area contributed by atoms with Crippen LogP contribution in [0.25, 0.3) is 6.08 Å². The first-order valence-corrected chi connectivity index (χ1v) is 5.56. The highest BCUT2D eigenvalue weighted by Gasteiger charge is 1.93. The van der Waals surface area contributed by atoms with Crippen LogP contribution in [-0.4, -0.2) is 5.24 Å². The zero-order valence-corrected chi connectivity index (χ0v) is 9.63. The van der Waals surface area contributed by atoms with E-state index in [0.717, 1.165) is 12.0 Å². The fourth-order valence-electron chi connectivity index (χ4n) is 1.34. The molecule has 0 aliphatic rings. The lowest BCUT2D eigenvalue weighted by Crippen LogP contribution is -1.84. The Morgan fingerprint density at radius 2 is 2.00 bits per heavy atom. The van der Waals surface area contributed by atoms with Crippen LogP contribution in [0.5, 0.6) is 0 Å². The lowest BCUT2D eigenvalue weighted by Gasteiger charge is -1.99. The van der Waals surface area contributed by atoms with E-state index in [9.17, 15) is 4.79 Å². The highest BCUT2D eigenvalue weighted by molar-refractivity contribution is 6.66. The van der Waals surface area contributed by atoms with Crippen LogP contribution in [0, 0.1) is 0 Å². The minimum Gasteiger partial charge on any atom is -0.276 e. The van der Waals surface area contributed by atoms with Gasteiger partial charge in [-0.2, -0.15) is 0 Å². The zero-order chi connectivity index (χ0) is 11.1. The molecule has 0 bridgehead atoms. The van der Waals surface area contributed by atoms with Gasteiger partial charge in [-0.3, -0.25) is 4.79 Å². The van der Waals surface area contributed by atoms with Gasteiger partial charge in [0.25, 0.3) is 0 Å². The Kier molecular flexibility index (Phi) is 5.13. The molecule has 0 aliphatic carbocycles. The highest BCUT2D eigenvalue weighted by Crippen LogP contribution is 2.09. The number of benzene rings is 1. The second-order valence-electron chi connectivity index (χ2n) is 3.48. The summed E-state index contributed by atoms with van der Waals surface area (Å²) in [6.07, 6.45) is 6.63. The molecular formula is C13H15ClO. The van der Waals surface area contributed by atoms with Gasteiger partial charge < -0.3 is 0 Å². The fraction of sp³-hybridized carbons (Fsp3) is 0.308. The maximum absolute atomic E-state index is 10.5. The Morgan fingerprint density at radius 1 is 1.33 bits per heavy atom. The molecule has 0 unspecified atom stereocenters. The number of aryl methyl sites for hydroxylation is 1. The number of hydrogen-bond donors (Lipinski definition) is 0. The van der Waals surface area contributed by atoms with Crippen molar-refractivity contribution in [3.05, 3.63) is 41.5 Å². The number of rotatable bonds is 5. The van der Waals surface area contributed by atoms with E-state index < -0.39 is 5.24 Å². The van der Waals surface area contributed by atoms with Crippen LogP contribution < -0.4 is 0 Å². The molecule has 0 spiro atoms. The lowest BCUT2D eigenvalue weighted by molar-refractivity contribution is -0.107. The van der Waals surface area contributed by atoms with Crippen molar-refractivity contribution in [1.82, 2.24) is 0 Å². The summed E-state index contributed by atoms with van der Waals surface area (Å²) in [4.78, 5) is 10.5. The van der Waals surface area contributed by atoms with Gasteiger partial charge in [-0.1, -0.05) is 43.7 Å². The van der Waals surface area contributed by atoms with Crippen LogP contribution in [0.4, 0.5) is 0 Å². The predicted octanol–water partition coefficient (Wildman–Crippen LogP) is 3.81. The fourth-order valence-corrected chi connectivity index (χ4v) is 1.40. The van der Waals surface area contributed by atoms with E-state index in [1.165, 1.54) is 24.5 Å². The van der Waals surface area contributed by atoms with Gasteiger partial charge in [-0.15, -0.1) is 0 Å². The maximum Gasteiger partial charge on any atom is 0.245 e. The average Bonchev–Trinajstić information content (AvgIpc) is 2.25. The lowest BCUT2D eigenvalue weighted by atomic mass is 10.1. The van der Waals surface area contributed by atoms with Crippen LogP contribution in [0.1, 0.15) is 30.9 Å². The first-order chi connectivity index (χ1) is 7.22. The molecule has 1 aromatic rings. The van der Waals surface area contributed by atoms with Gasteiger partial charge in [0.2, 0.25) is 5.24 Å². The molecule has 0 amide bonds. The second kappa shape index (κ2) is 6.41. The summed E-state index contributed by atoms with van der Waals surface area (Å²) in [6, 6.07) is 8.19. The number of allylic oxidation sites excluding steroid dienone is 1. The molecule has 80 valence electrons.